The Morgan fingerprint density at radius 2 is 1.71 bits per heavy atom. The minimum absolute atomic E-state index is 0.0255. The highest BCUT2D eigenvalue weighted by Gasteiger charge is 2.66. The van der Waals surface area contributed by atoms with Gasteiger partial charge in [0.2, 0.25) is 0 Å². The van der Waals surface area contributed by atoms with E-state index >= 15 is 0 Å². The highest BCUT2D eigenvalue weighted by Crippen LogP contribution is 2.47. The van der Waals surface area contributed by atoms with Crippen molar-refractivity contribution in [2.75, 3.05) is 27.4 Å². The number of halogens is 3. The fourth-order valence-corrected chi connectivity index (χ4v) is 5.74. The normalized spacial score (nSPS) is 25.5. The standard InChI is InChI=1S/C29H39F3N2O7S/c1-8-16-38-21-20-24(42-25(33-20)34(6)26(35)41-27(3,4)5)40-23(22(21)39-17-9-2)28(36,29(30,31)32)15-14-18-10-12-19(37-7)13-11-18/h8-13,20-24,36H,1-2,14-17H2,3-7H3/t20-,21-,22+,23+,24-,28-/m1/s1. The number of carbonyl (C=O) groups is 1. The van der Waals surface area contributed by atoms with Crippen LogP contribution in [0.25, 0.3) is 0 Å². The lowest BCUT2D eigenvalue weighted by atomic mass is 9.81. The Morgan fingerprint density at radius 1 is 1.12 bits per heavy atom. The molecular weight excluding hydrogens is 577 g/mol. The average molecular weight is 617 g/mol. The maximum Gasteiger partial charge on any atom is 0.419 e. The Bertz CT molecular complexity index is 1130. The zero-order valence-electron chi connectivity index (χ0n) is 24.4. The lowest BCUT2D eigenvalue weighted by Crippen LogP contribution is -2.68. The van der Waals surface area contributed by atoms with E-state index in [2.05, 4.69) is 18.2 Å². The molecule has 42 heavy (non-hydrogen) atoms. The summed E-state index contributed by atoms with van der Waals surface area (Å²) in [5.41, 5.74) is -4.58. The third-order valence-electron chi connectivity index (χ3n) is 6.68. The SMILES string of the molecule is C=CCO[C@@H]1[C@H]2N=C(N(C)C(=O)OC(C)(C)C)S[C@H]2O[C@H]([C@](O)(CCc2ccc(OC)cc2)C(F)(F)F)[C@H]1OCC=C. The maximum atomic E-state index is 14.8. The number of amides is 1. The van der Waals surface area contributed by atoms with Gasteiger partial charge < -0.3 is 28.8 Å². The number of rotatable bonds is 11. The summed E-state index contributed by atoms with van der Waals surface area (Å²) in [4.78, 5) is 18.5. The summed E-state index contributed by atoms with van der Waals surface area (Å²) >= 11 is 0.948. The lowest BCUT2D eigenvalue weighted by molar-refractivity contribution is -0.330. The Morgan fingerprint density at radius 3 is 2.24 bits per heavy atom. The van der Waals surface area contributed by atoms with E-state index in [1.807, 2.05) is 0 Å². The minimum Gasteiger partial charge on any atom is -0.497 e. The van der Waals surface area contributed by atoms with E-state index in [-0.39, 0.29) is 24.8 Å². The van der Waals surface area contributed by atoms with Crippen molar-refractivity contribution in [2.45, 2.75) is 80.8 Å². The van der Waals surface area contributed by atoms with Crippen LogP contribution in [0.1, 0.15) is 32.8 Å². The first-order valence-electron chi connectivity index (χ1n) is 13.4. The van der Waals surface area contributed by atoms with Gasteiger partial charge >= 0.3 is 12.3 Å². The van der Waals surface area contributed by atoms with Crippen LogP contribution in [0.15, 0.2) is 54.6 Å². The fraction of sp³-hybridized carbons (Fsp3) is 0.586. The van der Waals surface area contributed by atoms with Gasteiger partial charge in [0.25, 0.3) is 0 Å². The van der Waals surface area contributed by atoms with E-state index in [1.54, 1.807) is 45.0 Å². The number of hydrogen-bond acceptors (Lipinski definition) is 9. The molecule has 1 N–H and O–H groups in total. The van der Waals surface area contributed by atoms with E-state index < -0.39 is 59.7 Å². The Balaban J connectivity index is 1.98. The Labute approximate surface area is 248 Å². The number of ether oxygens (including phenoxy) is 5. The van der Waals surface area contributed by atoms with Crippen LogP contribution in [-0.4, -0.2) is 95.8 Å². The summed E-state index contributed by atoms with van der Waals surface area (Å²) in [6.45, 7) is 12.2. The van der Waals surface area contributed by atoms with Gasteiger partial charge in [-0.05, 0) is 51.3 Å². The van der Waals surface area contributed by atoms with Crippen molar-refractivity contribution >= 4 is 23.0 Å². The van der Waals surface area contributed by atoms with Crippen molar-refractivity contribution in [3.8, 4) is 5.75 Å². The smallest absolute Gasteiger partial charge is 0.419 e. The van der Waals surface area contributed by atoms with Crippen LogP contribution < -0.4 is 4.74 Å². The van der Waals surface area contributed by atoms with Gasteiger partial charge in [-0.2, -0.15) is 13.2 Å². The fourth-order valence-electron chi connectivity index (χ4n) is 4.58. The first-order chi connectivity index (χ1) is 19.6. The number of alkyl halides is 3. The molecule has 1 aromatic carbocycles. The number of aryl methyl sites for hydroxylation is 1. The summed E-state index contributed by atoms with van der Waals surface area (Å²) < 4.78 is 72.8. The van der Waals surface area contributed by atoms with Crippen LogP contribution in [0.3, 0.4) is 0 Å². The van der Waals surface area contributed by atoms with Crippen LogP contribution in [-0.2, 0) is 25.4 Å². The first kappa shape index (κ1) is 33.9. The molecule has 1 saturated heterocycles. The Kier molecular flexibility index (Phi) is 11.2. The molecule has 0 unspecified atom stereocenters. The molecule has 0 bridgehead atoms. The van der Waals surface area contributed by atoms with Gasteiger partial charge in [0, 0.05) is 7.05 Å². The summed E-state index contributed by atoms with van der Waals surface area (Å²) in [6, 6.07) is 5.67. The Hall–Kier alpha value is -2.58. The molecule has 234 valence electrons. The molecule has 2 heterocycles. The van der Waals surface area contributed by atoms with Crippen molar-refractivity contribution in [2.24, 2.45) is 4.99 Å². The zero-order valence-corrected chi connectivity index (χ0v) is 25.2. The second-order valence-electron chi connectivity index (χ2n) is 10.9. The van der Waals surface area contributed by atoms with E-state index in [0.29, 0.717) is 11.3 Å². The number of hydrogen-bond donors (Lipinski definition) is 1. The highest BCUT2D eigenvalue weighted by molar-refractivity contribution is 8.14. The van der Waals surface area contributed by atoms with Crippen molar-refractivity contribution in [1.29, 1.82) is 0 Å². The van der Waals surface area contributed by atoms with Gasteiger partial charge in [-0.15, -0.1) is 13.2 Å². The molecular formula is C29H39F3N2O7S. The first-order valence-corrected chi connectivity index (χ1v) is 14.3. The second-order valence-corrected chi connectivity index (χ2v) is 12.0. The van der Waals surface area contributed by atoms with Crippen LogP contribution in [0.4, 0.5) is 18.0 Å². The maximum absolute atomic E-state index is 14.8. The molecule has 0 saturated carbocycles. The van der Waals surface area contributed by atoms with Gasteiger partial charge in [0.15, 0.2) is 10.8 Å². The van der Waals surface area contributed by atoms with Crippen molar-refractivity contribution in [1.82, 2.24) is 4.90 Å². The predicted octanol–water partition coefficient (Wildman–Crippen LogP) is 5.13. The number of fused-ring (bicyclic) bond motifs is 1. The van der Waals surface area contributed by atoms with E-state index in [4.69, 9.17) is 23.7 Å². The molecule has 1 fully saturated rings. The largest absolute Gasteiger partial charge is 0.497 e. The lowest BCUT2D eigenvalue weighted by Gasteiger charge is -2.48. The van der Waals surface area contributed by atoms with Gasteiger partial charge in [-0.25, -0.2) is 4.79 Å². The van der Waals surface area contributed by atoms with Gasteiger partial charge in [0.05, 0.1) is 20.3 Å². The predicted molar refractivity (Wildman–Crippen MR) is 154 cm³/mol. The van der Waals surface area contributed by atoms with Crippen LogP contribution >= 0.6 is 11.8 Å². The van der Waals surface area contributed by atoms with Crippen molar-refractivity contribution in [3.05, 3.63) is 55.1 Å². The topological polar surface area (TPSA) is 99.1 Å². The quantitative estimate of drug-likeness (QED) is 0.342. The molecule has 2 aliphatic rings. The summed E-state index contributed by atoms with van der Waals surface area (Å²) in [5.74, 6) is 0.553. The molecule has 2 aliphatic heterocycles. The molecule has 13 heteroatoms. The molecule has 1 aromatic rings. The number of carbonyl (C=O) groups excluding carboxylic acids is 1. The number of nitrogens with zero attached hydrogens (tertiary/aromatic N) is 2. The molecule has 0 spiro atoms. The number of aliphatic hydroxyl groups is 1. The summed E-state index contributed by atoms with van der Waals surface area (Å²) in [7, 11) is 2.93. The number of methoxy groups -OCH3 is 1. The van der Waals surface area contributed by atoms with Gasteiger partial charge in [-0.1, -0.05) is 36.0 Å². The monoisotopic (exact) mass is 616 g/mol. The van der Waals surface area contributed by atoms with E-state index in [1.165, 1.54) is 26.3 Å². The third-order valence-corrected chi connectivity index (χ3v) is 7.89. The van der Waals surface area contributed by atoms with Crippen LogP contribution in [0.2, 0.25) is 0 Å². The number of aliphatic imine (C=N–C) groups is 1. The molecule has 1 amide bonds. The molecule has 3 rings (SSSR count). The number of benzene rings is 1. The van der Waals surface area contributed by atoms with E-state index in [9.17, 15) is 23.1 Å². The highest BCUT2D eigenvalue weighted by atomic mass is 32.2. The third kappa shape index (κ3) is 7.87. The number of amidine groups is 1. The molecule has 9 nitrogen and oxygen atoms in total. The zero-order chi connectivity index (χ0) is 31.3. The van der Waals surface area contributed by atoms with Crippen LogP contribution in [0.5, 0.6) is 5.75 Å². The minimum atomic E-state index is -5.10. The van der Waals surface area contributed by atoms with Crippen molar-refractivity contribution < 1.29 is 46.8 Å². The van der Waals surface area contributed by atoms with Crippen molar-refractivity contribution in [3.63, 3.8) is 0 Å². The second kappa shape index (κ2) is 13.8. The average Bonchev–Trinajstić information content (AvgIpc) is 3.35. The molecule has 6 atom stereocenters. The molecule has 0 radical (unpaired) electrons. The molecule has 0 aliphatic carbocycles. The summed E-state index contributed by atoms with van der Waals surface area (Å²) in [5, 5.41) is 11.6. The number of thioether (sulfide) groups is 1. The van der Waals surface area contributed by atoms with Gasteiger partial charge in [0.1, 0.15) is 41.1 Å². The van der Waals surface area contributed by atoms with Crippen LogP contribution in [0, 0.1) is 0 Å². The van der Waals surface area contributed by atoms with E-state index in [0.717, 1.165) is 16.7 Å². The van der Waals surface area contributed by atoms with Gasteiger partial charge in [-0.3, -0.25) is 9.89 Å². The molecule has 0 aromatic heterocycles. The summed E-state index contributed by atoms with van der Waals surface area (Å²) in [6.07, 6.45) is -8.19.